The highest BCUT2D eigenvalue weighted by Crippen LogP contribution is 2.29. The molecule has 0 radical (unpaired) electrons. The Morgan fingerprint density at radius 3 is 2.47 bits per heavy atom. The number of ether oxygens (including phenoxy) is 2. The number of halogens is 1. The second-order valence-electron chi connectivity index (χ2n) is 3.83. The lowest BCUT2D eigenvalue weighted by atomic mass is 10.2. The number of hydrogen-bond acceptors (Lipinski definition) is 4. The third kappa shape index (κ3) is 5.81. The van der Waals surface area contributed by atoms with Crippen LogP contribution in [0.15, 0.2) is 18.2 Å². The zero-order chi connectivity index (χ0) is 13.4. The van der Waals surface area contributed by atoms with Crippen LogP contribution in [0.25, 0.3) is 0 Å². The van der Waals surface area contributed by atoms with Gasteiger partial charge >= 0.3 is 0 Å². The van der Waals surface area contributed by atoms with Crippen LogP contribution in [0.4, 0.5) is 5.69 Å². The maximum Gasteiger partial charge on any atom is 0.224 e. The average Bonchev–Trinajstić information content (AvgIpc) is 2.39. The highest BCUT2D eigenvalue weighted by molar-refractivity contribution is 5.91. The summed E-state index contributed by atoms with van der Waals surface area (Å²) < 4.78 is 10.3. The fourth-order valence-corrected chi connectivity index (χ4v) is 1.56. The van der Waals surface area contributed by atoms with Gasteiger partial charge in [0.25, 0.3) is 0 Å². The van der Waals surface area contributed by atoms with E-state index in [1.165, 1.54) is 0 Å². The molecular weight excluding hydrogens is 268 g/mol. The molecule has 0 unspecified atom stereocenters. The zero-order valence-electron chi connectivity index (χ0n) is 11.5. The van der Waals surface area contributed by atoms with E-state index in [1.54, 1.807) is 32.4 Å². The van der Waals surface area contributed by atoms with Crippen LogP contribution < -0.4 is 20.1 Å². The lowest BCUT2D eigenvalue weighted by Gasteiger charge is -2.10. The van der Waals surface area contributed by atoms with Gasteiger partial charge in [-0.05, 0) is 32.1 Å². The summed E-state index contributed by atoms with van der Waals surface area (Å²) in [5.41, 5.74) is 0.710. The molecule has 0 saturated carbocycles. The van der Waals surface area contributed by atoms with E-state index in [0.29, 0.717) is 23.6 Å². The molecule has 1 aromatic carbocycles. The molecule has 0 aromatic heterocycles. The summed E-state index contributed by atoms with van der Waals surface area (Å²) in [6, 6.07) is 5.30. The number of benzene rings is 1. The van der Waals surface area contributed by atoms with Gasteiger partial charge < -0.3 is 20.1 Å². The van der Waals surface area contributed by atoms with Gasteiger partial charge in [-0.25, -0.2) is 0 Å². The van der Waals surface area contributed by atoms with Gasteiger partial charge in [-0.2, -0.15) is 0 Å². The summed E-state index contributed by atoms with van der Waals surface area (Å²) >= 11 is 0. The molecule has 0 saturated heterocycles. The van der Waals surface area contributed by atoms with Crippen molar-refractivity contribution in [2.75, 3.05) is 33.1 Å². The molecule has 0 aliphatic rings. The Bertz CT molecular complexity index is 399. The predicted molar refractivity (Wildman–Crippen MR) is 78.6 cm³/mol. The van der Waals surface area contributed by atoms with Gasteiger partial charge in [-0.3, -0.25) is 4.79 Å². The van der Waals surface area contributed by atoms with Crippen molar-refractivity contribution in [2.45, 2.75) is 12.8 Å². The number of carbonyl (C=O) groups is 1. The van der Waals surface area contributed by atoms with Gasteiger partial charge in [-0.15, -0.1) is 12.4 Å². The van der Waals surface area contributed by atoms with Gasteiger partial charge in [0, 0.05) is 18.2 Å². The van der Waals surface area contributed by atoms with Gasteiger partial charge in [0.2, 0.25) is 5.91 Å². The molecule has 1 rings (SSSR count). The monoisotopic (exact) mass is 288 g/mol. The molecule has 0 fully saturated rings. The minimum absolute atomic E-state index is 0. The van der Waals surface area contributed by atoms with Crippen LogP contribution in [0.3, 0.4) is 0 Å². The molecule has 19 heavy (non-hydrogen) atoms. The predicted octanol–water partition coefficient (Wildman–Crippen LogP) is 2.06. The molecule has 5 nitrogen and oxygen atoms in total. The Kier molecular flexibility index (Phi) is 8.74. The fraction of sp³-hybridized carbons (Fsp3) is 0.462. The van der Waals surface area contributed by atoms with E-state index in [0.717, 1.165) is 13.0 Å². The number of hydrogen-bond donors (Lipinski definition) is 2. The normalized spacial score (nSPS) is 9.42. The fourth-order valence-electron chi connectivity index (χ4n) is 1.56. The molecule has 6 heteroatoms. The Balaban J connectivity index is 0.00000324. The number of rotatable bonds is 7. The van der Waals surface area contributed by atoms with Crippen LogP contribution in [0.1, 0.15) is 12.8 Å². The van der Waals surface area contributed by atoms with Crippen molar-refractivity contribution >= 4 is 24.0 Å². The summed E-state index contributed by atoms with van der Waals surface area (Å²) in [5.74, 6) is 1.24. The largest absolute Gasteiger partial charge is 0.493 e. The highest BCUT2D eigenvalue weighted by Gasteiger charge is 2.07. The molecule has 2 N–H and O–H groups in total. The molecular formula is C13H21ClN2O3. The Hall–Kier alpha value is -1.46. The van der Waals surface area contributed by atoms with Crippen molar-refractivity contribution in [3.8, 4) is 11.5 Å². The van der Waals surface area contributed by atoms with E-state index in [2.05, 4.69) is 10.6 Å². The van der Waals surface area contributed by atoms with E-state index in [9.17, 15) is 4.79 Å². The molecule has 0 aliphatic carbocycles. The standard InChI is InChI=1S/C13H20N2O3.ClH/c1-14-8-4-5-13(16)15-10-6-7-11(17-2)12(9-10)18-3;/h6-7,9,14H,4-5,8H2,1-3H3,(H,15,16);1H. The second-order valence-corrected chi connectivity index (χ2v) is 3.83. The van der Waals surface area contributed by atoms with Crippen molar-refractivity contribution in [3.63, 3.8) is 0 Å². The molecule has 0 heterocycles. The smallest absolute Gasteiger partial charge is 0.224 e. The number of carbonyl (C=O) groups excluding carboxylic acids is 1. The number of amides is 1. The number of methoxy groups -OCH3 is 2. The second kappa shape index (κ2) is 9.47. The SMILES string of the molecule is CNCCCC(=O)Nc1ccc(OC)c(OC)c1.Cl. The Morgan fingerprint density at radius 1 is 1.21 bits per heavy atom. The van der Waals surface area contributed by atoms with E-state index >= 15 is 0 Å². The summed E-state index contributed by atoms with van der Waals surface area (Å²) in [6.45, 7) is 0.833. The maximum atomic E-state index is 11.6. The third-order valence-electron chi connectivity index (χ3n) is 2.50. The first-order valence-electron chi connectivity index (χ1n) is 5.87. The van der Waals surface area contributed by atoms with E-state index in [1.807, 2.05) is 7.05 Å². The summed E-state index contributed by atoms with van der Waals surface area (Å²) in [4.78, 5) is 11.6. The molecule has 1 amide bonds. The van der Waals surface area contributed by atoms with Gasteiger partial charge in [0.1, 0.15) is 0 Å². The van der Waals surface area contributed by atoms with Crippen LogP contribution in [-0.2, 0) is 4.79 Å². The summed E-state index contributed by atoms with van der Waals surface area (Å²) in [6.07, 6.45) is 1.31. The van der Waals surface area contributed by atoms with E-state index < -0.39 is 0 Å². The Morgan fingerprint density at radius 2 is 1.89 bits per heavy atom. The molecule has 108 valence electrons. The van der Waals surface area contributed by atoms with Crippen LogP contribution in [-0.4, -0.2) is 33.7 Å². The topological polar surface area (TPSA) is 59.6 Å². The minimum Gasteiger partial charge on any atom is -0.493 e. The number of nitrogens with one attached hydrogen (secondary N) is 2. The van der Waals surface area contributed by atoms with Gasteiger partial charge in [0.05, 0.1) is 14.2 Å². The molecule has 1 aromatic rings. The van der Waals surface area contributed by atoms with E-state index in [4.69, 9.17) is 9.47 Å². The van der Waals surface area contributed by atoms with Crippen LogP contribution in [0.2, 0.25) is 0 Å². The van der Waals surface area contributed by atoms with Crippen LogP contribution in [0, 0.1) is 0 Å². The lowest BCUT2D eigenvalue weighted by molar-refractivity contribution is -0.116. The lowest BCUT2D eigenvalue weighted by Crippen LogP contribution is -2.15. The molecule has 0 atom stereocenters. The maximum absolute atomic E-state index is 11.6. The first kappa shape index (κ1) is 17.5. The van der Waals surface area contributed by atoms with Crippen LogP contribution >= 0.6 is 12.4 Å². The van der Waals surface area contributed by atoms with Gasteiger partial charge in [0.15, 0.2) is 11.5 Å². The van der Waals surface area contributed by atoms with Crippen molar-refractivity contribution in [2.24, 2.45) is 0 Å². The zero-order valence-corrected chi connectivity index (χ0v) is 12.3. The highest BCUT2D eigenvalue weighted by atomic mass is 35.5. The first-order chi connectivity index (χ1) is 8.71. The first-order valence-corrected chi connectivity index (χ1v) is 5.87. The summed E-state index contributed by atoms with van der Waals surface area (Å²) in [5, 5.41) is 5.83. The van der Waals surface area contributed by atoms with Crippen molar-refractivity contribution in [3.05, 3.63) is 18.2 Å². The molecule has 0 bridgehead atoms. The van der Waals surface area contributed by atoms with Crippen molar-refractivity contribution in [1.29, 1.82) is 0 Å². The quantitative estimate of drug-likeness (QED) is 0.754. The summed E-state index contributed by atoms with van der Waals surface area (Å²) in [7, 11) is 5.01. The van der Waals surface area contributed by atoms with E-state index in [-0.39, 0.29) is 18.3 Å². The van der Waals surface area contributed by atoms with Crippen molar-refractivity contribution in [1.82, 2.24) is 5.32 Å². The molecule has 0 aliphatic heterocycles. The average molecular weight is 289 g/mol. The van der Waals surface area contributed by atoms with Gasteiger partial charge in [-0.1, -0.05) is 0 Å². The number of anilines is 1. The third-order valence-corrected chi connectivity index (χ3v) is 2.50. The minimum atomic E-state index is -0.00234. The van der Waals surface area contributed by atoms with Crippen molar-refractivity contribution < 1.29 is 14.3 Å². The molecule has 0 spiro atoms. The Labute approximate surface area is 120 Å². The van der Waals surface area contributed by atoms with Crippen LogP contribution in [0.5, 0.6) is 11.5 Å².